The monoisotopic (exact) mass is 277 g/mol. The second kappa shape index (κ2) is 5.96. The van der Waals surface area contributed by atoms with Crippen LogP contribution in [0.15, 0.2) is 27.4 Å². The molecule has 0 saturated carbocycles. The van der Waals surface area contributed by atoms with Crippen LogP contribution >= 0.6 is 23.3 Å². The largest absolute Gasteiger partial charge is 0.392 e. The number of benzene rings is 1. The highest BCUT2D eigenvalue weighted by Gasteiger charge is 2.09. The van der Waals surface area contributed by atoms with Gasteiger partial charge < -0.3 is 5.11 Å². The minimum absolute atomic E-state index is 0.0571. The Balaban J connectivity index is 2.26. The number of hydrogen-bond donors (Lipinski definition) is 1. The Morgan fingerprint density at radius 2 is 2.33 bits per heavy atom. The first-order chi connectivity index (χ1) is 8.76. The van der Waals surface area contributed by atoms with Gasteiger partial charge in [-0.15, -0.1) is 0 Å². The number of hydrogen-bond acceptors (Lipinski definition) is 6. The molecule has 0 bridgehead atoms. The summed E-state index contributed by atoms with van der Waals surface area (Å²) in [5.41, 5.74) is 1.29. The zero-order valence-corrected chi connectivity index (χ0v) is 11.4. The highest BCUT2D eigenvalue weighted by Crippen LogP contribution is 2.31. The third kappa shape index (κ3) is 2.88. The fraction of sp³-hybridized carbons (Fsp3) is 0.250. The number of aryl methyl sites for hydroxylation is 1. The van der Waals surface area contributed by atoms with Crippen LogP contribution in [0.3, 0.4) is 0 Å². The smallest absolute Gasteiger partial charge is 0.174 e. The Morgan fingerprint density at radius 1 is 1.50 bits per heavy atom. The molecule has 0 amide bonds. The van der Waals surface area contributed by atoms with Crippen LogP contribution in [0.4, 0.5) is 0 Å². The van der Waals surface area contributed by atoms with E-state index in [1.54, 1.807) is 6.07 Å². The lowest BCUT2D eigenvalue weighted by Gasteiger charge is -2.02. The molecule has 0 aliphatic rings. The zero-order valence-electron chi connectivity index (χ0n) is 9.75. The van der Waals surface area contributed by atoms with Crippen molar-refractivity contribution in [3.05, 3.63) is 35.2 Å². The van der Waals surface area contributed by atoms with E-state index < -0.39 is 0 Å². The molecular weight excluding hydrogens is 266 g/mol. The highest BCUT2D eigenvalue weighted by atomic mass is 32.2. The third-order valence-electron chi connectivity index (χ3n) is 2.31. The lowest BCUT2D eigenvalue weighted by molar-refractivity contribution is 0.281. The molecule has 2 rings (SSSR count). The average Bonchev–Trinajstić information content (AvgIpc) is 2.87. The Bertz CT molecular complexity index is 589. The maximum Gasteiger partial charge on any atom is 0.174 e. The molecule has 1 aromatic heterocycles. The lowest BCUT2D eigenvalue weighted by Crippen LogP contribution is -1.88. The van der Waals surface area contributed by atoms with Crippen molar-refractivity contribution in [2.24, 2.45) is 0 Å². The normalized spacial score (nSPS) is 10.3. The fourth-order valence-corrected chi connectivity index (χ4v) is 3.09. The molecule has 0 unspecified atom stereocenters. The van der Waals surface area contributed by atoms with Gasteiger partial charge in [0.2, 0.25) is 0 Å². The molecule has 0 radical (unpaired) electrons. The van der Waals surface area contributed by atoms with Crippen molar-refractivity contribution in [1.29, 1.82) is 5.26 Å². The van der Waals surface area contributed by atoms with E-state index in [-0.39, 0.29) is 6.61 Å². The molecule has 1 aromatic carbocycles. The molecule has 4 nitrogen and oxygen atoms in total. The summed E-state index contributed by atoms with van der Waals surface area (Å²) in [4.78, 5) is 5.19. The lowest BCUT2D eigenvalue weighted by atomic mass is 10.1. The minimum atomic E-state index is -0.0571. The number of aliphatic hydroxyl groups is 1. The molecule has 6 heteroatoms. The first-order valence-electron chi connectivity index (χ1n) is 5.41. The molecule has 0 saturated heterocycles. The van der Waals surface area contributed by atoms with Crippen LogP contribution in [0, 0.1) is 11.3 Å². The summed E-state index contributed by atoms with van der Waals surface area (Å²) in [6.07, 6.45) is 0.811. The first kappa shape index (κ1) is 13.0. The van der Waals surface area contributed by atoms with Gasteiger partial charge in [-0.2, -0.15) is 9.64 Å². The molecule has 0 atom stereocenters. The molecule has 18 heavy (non-hydrogen) atoms. The van der Waals surface area contributed by atoms with E-state index in [0.717, 1.165) is 27.0 Å². The van der Waals surface area contributed by atoms with E-state index in [1.165, 1.54) is 23.3 Å². The van der Waals surface area contributed by atoms with Gasteiger partial charge in [0.1, 0.15) is 11.9 Å². The van der Waals surface area contributed by atoms with E-state index in [9.17, 15) is 0 Å². The maximum absolute atomic E-state index is 9.09. The van der Waals surface area contributed by atoms with E-state index in [4.69, 9.17) is 10.4 Å². The molecule has 1 heterocycles. The van der Waals surface area contributed by atoms with Gasteiger partial charge in [0, 0.05) is 11.3 Å². The second-order valence-corrected chi connectivity index (χ2v) is 5.57. The van der Waals surface area contributed by atoms with Crippen LogP contribution in [-0.4, -0.2) is 14.5 Å². The standard InChI is InChI=1S/C12H11N3OS2/c1-2-11-14-12(18-15-11)17-10-4-3-8(7-16)5-9(10)6-13/h3-5,16H,2,7H2,1H3. The molecule has 0 aliphatic heterocycles. The first-order valence-corrected chi connectivity index (χ1v) is 7.00. The summed E-state index contributed by atoms with van der Waals surface area (Å²) in [6, 6.07) is 7.48. The highest BCUT2D eigenvalue weighted by molar-refractivity contribution is 8.01. The number of aromatic nitrogens is 2. The predicted octanol–water partition coefficient (Wildman–Crippen LogP) is 2.62. The zero-order chi connectivity index (χ0) is 13.0. The average molecular weight is 277 g/mol. The Labute approximate surface area is 113 Å². The van der Waals surface area contributed by atoms with Crippen molar-refractivity contribution >= 4 is 23.3 Å². The van der Waals surface area contributed by atoms with Gasteiger partial charge in [-0.3, -0.25) is 0 Å². The summed E-state index contributed by atoms with van der Waals surface area (Å²) in [6.45, 7) is 1.95. The number of nitriles is 1. The molecule has 2 aromatic rings. The maximum atomic E-state index is 9.09. The topological polar surface area (TPSA) is 69.8 Å². The van der Waals surface area contributed by atoms with Crippen LogP contribution < -0.4 is 0 Å². The Kier molecular flexibility index (Phi) is 4.31. The van der Waals surface area contributed by atoms with Crippen molar-refractivity contribution in [1.82, 2.24) is 9.36 Å². The Hall–Kier alpha value is -1.42. The second-order valence-electron chi connectivity index (χ2n) is 3.53. The molecule has 92 valence electrons. The molecular formula is C12H11N3OS2. The summed E-state index contributed by atoms with van der Waals surface area (Å²) in [5.74, 6) is 0.827. The molecule has 0 spiro atoms. The summed E-state index contributed by atoms with van der Waals surface area (Å²) in [5, 5.41) is 18.1. The summed E-state index contributed by atoms with van der Waals surface area (Å²) >= 11 is 2.78. The SMILES string of the molecule is CCc1nsc(Sc2ccc(CO)cc2C#N)n1. The van der Waals surface area contributed by atoms with Gasteiger partial charge in [0.15, 0.2) is 4.34 Å². The number of aliphatic hydroxyl groups excluding tert-OH is 1. The number of rotatable bonds is 4. The van der Waals surface area contributed by atoms with Crippen molar-refractivity contribution in [3.8, 4) is 6.07 Å². The summed E-state index contributed by atoms with van der Waals surface area (Å²) < 4.78 is 5.04. The van der Waals surface area contributed by atoms with Crippen LogP contribution in [0.2, 0.25) is 0 Å². The quantitative estimate of drug-likeness (QED) is 0.930. The van der Waals surface area contributed by atoms with E-state index in [2.05, 4.69) is 15.4 Å². The fourth-order valence-electron chi connectivity index (χ4n) is 1.37. The van der Waals surface area contributed by atoms with Crippen molar-refractivity contribution < 1.29 is 5.11 Å². The predicted molar refractivity (Wildman–Crippen MR) is 70.5 cm³/mol. The van der Waals surface area contributed by atoms with Crippen molar-refractivity contribution in [3.63, 3.8) is 0 Å². The van der Waals surface area contributed by atoms with Gasteiger partial charge in [-0.1, -0.05) is 24.8 Å². The molecule has 0 aliphatic carbocycles. The van der Waals surface area contributed by atoms with Crippen LogP contribution in [-0.2, 0) is 13.0 Å². The van der Waals surface area contributed by atoms with Gasteiger partial charge in [0.05, 0.1) is 12.2 Å². The third-order valence-corrected chi connectivity index (χ3v) is 4.17. The van der Waals surface area contributed by atoms with E-state index >= 15 is 0 Å². The summed E-state index contributed by atoms with van der Waals surface area (Å²) in [7, 11) is 0. The van der Waals surface area contributed by atoms with Crippen molar-refractivity contribution in [2.75, 3.05) is 0 Å². The van der Waals surface area contributed by atoms with Crippen LogP contribution in [0.25, 0.3) is 0 Å². The van der Waals surface area contributed by atoms with Gasteiger partial charge >= 0.3 is 0 Å². The van der Waals surface area contributed by atoms with Crippen LogP contribution in [0.1, 0.15) is 23.9 Å². The van der Waals surface area contributed by atoms with Gasteiger partial charge in [-0.05, 0) is 29.2 Å². The van der Waals surface area contributed by atoms with Gasteiger partial charge in [0.25, 0.3) is 0 Å². The minimum Gasteiger partial charge on any atom is -0.392 e. The van der Waals surface area contributed by atoms with Crippen molar-refractivity contribution in [2.45, 2.75) is 29.2 Å². The van der Waals surface area contributed by atoms with Gasteiger partial charge in [-0.25, -0.2) is 4.98 Å². The molecule has 1 N–H and O–H groups in total. The van der Waals surface area contributed by atoms with E-state index in [0.29, 0.717) is 5.56 Å². The van der Waals surface area contributed by atoms with E-state index in [1.807, 2.05) is 19.1 Å². The van der Waals surface area contributed by atoms with Crippen LogP contribution in [0.5, 0.6) is 0 Å². The number of nitrogens with zero attached hydrogens (tertiary/aromatic N) is 3. The Morgan fingerprint density at radius 3 is 2.94 bits per heavy atom. The molecule has 0 fully saturated rings.